The third-order valence-corrected chi connectivity index (χ3v) is 7.18. The standard InChI is InChI=1S/C18H25NO4S/c1-17(7-6-14-4-2-3-5-15(14)12-17)16(20)19-13-18(21)8-10-24(22,23)11-9-18/h2-5,21H,6-13H2,1H3,(H,19,20). The highest BCUT2D eigenvalue weighted by molar-refractivity contribution is 7.91. The average molecular weight is 351 g/mol. The van der Waals surface area contributed by atoms with E-state index >= 15 is 0 Å². The number of hydrogen-bond acceptors (Lipinski definition) is 4. The van der Waals surface area contributed by atoms with Crippen LogP contribution >= 0.6 is 0 Å². The number of sulfone groups is 1. The third kappa shape index (κ3) is 3.64. The maximum Gasteiger partial charge on any atom is 0.226 e. The Hall–Kier alpha value is -1.40. The molecule has 0 spiro atoms. The number of benzene rings is 1. The molecule has 1 aliphatic carbocycles. The first-order chi connectivity index (χ1) is 11.2. The smallest absolute Gasteiger partial charge is 0.226 e. The van der Waals surface area contributed by atoms with Crippen molar-refractivity contribution >= 4 is 15.7 Å². The van der Waals surface area contributed by atoms with Crippen molar-refractivity contribution in [2.45, 2.75) is 44.6 Å². The first-order valence-corrected chi connectivity index (χ1v) is 10.3. The normalized spacial score (nSPS) is 27.9. The highest BCUT2D eigenvalue weighted by Crippen LogP contribution is 2.35. The maximum absolute atomic E-state index is 12.7. The topological polar surface area (TPSA) is 83.5 Å². The minimum absolute atomic E-state index is 0.00991. The van der Waals surface area contributed by atoms with Gasteiger partial charge in [-0.1, -0.05) is 31.2 Å². The van der Waals surface area contributed by atoms with E-state index in [1.165, 1.54) is 11.1 Å². The predicted octanol–water partition coefficient (Wildman–Crippen LogP) is 1.24. The summed E-state index contributed by atoms with van der Waals surface area (Å²) in [4.78, 5) is 12.7. The van der Waals surface area contributed by atoms with Gasteiger partial charge in [-0.05, 0) is 43.2 Å². The molecule has 0 radical (unpaired) electrons. The lowest BCUT2D eigenvalue weighted by Crippen LogP contribution is -2.51. The summed E-state index contributed by atoms with van der Waals surface area (Å²) in [5.74, 6) is -0.0764. The second-order valence-electron chi connectivity index (χ2n) is 7.56. The molecule has 1 atom stereocenters. The van der Waals surface area contributed by atoms with Gasteiger partial charge in [0, 0.05) is 6.54 Å². The lowest BCUT2D eigenvalue weighted by molar-refractivity contribution is -0.132. The quantitative estimate of drug-likeness (QED) is 0.858. The van der Waals surface area contributed by atoms with Gasteiger partial charge in [-0.15, -0.1) is 0 Å². The molecule has 1 unspecified atom stereocenters. The van der Waals surface area contributed by atoms with E-state index in [1.807, 2.05) is 19.1 Å². The summed E-state index contributed by atoms with van der Waals surface area (Å²) < 4.78 is 23.0. The van der Waals surface area contributed by atoms with Gasteiger partial charge in [0.2, 0.25) is 5.91 Å². The van der Waals surface area contributed by atoms with Crippen LogP contribution in [0.4, 0.5) is 0 Å². The monoisotopic (exact) mass is 351 g/mol. The van der Waals surface area contributed by atoms with E-state index in [0.29, 0.717) is 6.42 Å². The second-order valence-corrected chi connectivity index (χ2v) is 9.87. The number of nitrogens with one attached hydrogen (secondary N) is 1. The van der Waals surface area contributed by atoms with Crippen molar-refractivity contribution in [1.29, 1.82) is 0 Å². The Morgan fingerprint density at radius 1 is 1.17 bits per heavy atom. The number of hydrogen-bond donors (Lipinski definition) is 2. The number of carbonyl (C=O) groups excluding carboxylic acids is 1. The molecule has 1 aromatic rings. The molecule has 3 rings (SSSR count). The molecular weight excluding hydrogens is 326 g/mol. The fourth-order valence-corrected chi connectivity index (χ4v) is 5.23. The fraction of sp³-hybridized carbons (Fsp3) is 0.611. The van der Waals surface area contributed by atoms with Crippen LogP contribution in [0.1, 0.15) is 37.3 Å². The lowest BCUT2D eigenvalue weighted by Gasteiger charge is -2.36. The summed E-state index contributed by atoms with van der Waals surface area (Å²) in [5.41, 5.74) is 0.929. The highest BCUT2D eigenvalue weighted by atomic mass is 32.2. The molecule has 0 aromatic heterocycles. The molecule has 5 nitrogen and oxygen atoms in total. The zero-order valence-corrected chi connectivity index (χ0v) is 14.9. The number of amides is 1. The molecule has 0 bridgehead atoms. The van der Waals surface area contributed by atoms with Gasteiger partial charge in [0.25, 0.3) is 0 Å². The van der Waals surface area contributed by atoms with E-state index in [0.717, 1.165) is 12.8 Å². The van der Waals surface area contributed by atoms with Gasteiger partial charge in [-0.2, -0.15) is 0 Å². The molecule has 1 heterocycles. The Labute approximate surface area is 143 Å². The Kier molecular flexibility index (Phi) is 4.47. The summed E-state index contributed by atoms with van der Waals surface area (Å²) in [7, 11) is -3.03. The number of aliphatic hydroxyl groups is 1. The van der Waals surface area contributed by atoms with Crippen LogP contribution in [0, 0.1) is 5.41 Å². The van der Waals surface area contributed by atoms with Gasteiger partial charge < -0.3 is 10.4 Å². The zero-order valence-electron chi connectivity index (χ0n) is 14.0. The van der Waals surface area contributed by atoms with Crippen LogP contribution in [0.5, 0.6) is 0 Å². The highest BCUT2D eigenvalue weighted by Gasteiger charge is 2.40. The molecule has 24 heavy (non-hydrogen) atoms. The van der Waals surface area contributed by atoms with Crippen LogP contribution in [-0.4, -0.2) is 43.1 Å². The van der Waals surface area contributed by atoms with Crippen molar-refractivity contribution in [2.24, 2.45) is 5.41 Å². The number of aryl methyl sites for hydroxylation is 1. The largest absolute Gasteiger partial charge is 0.388 e. The molecule has 1 aliphatic heterocycles. The van der Waals surface area contributed by atoms with Crippen LogP contribution in [0.25, 0.3) is 0 Å². The summed E-state index contributed by atoms with van der Waals surface area (Å²) >= 11 is 0. The van der Waals surface area contributed by atoms with E-state index in [2.05, 4.69) is 17.4 Å². The predicted molar refractivity (Wildman–Crippen MR) is 92.4 cm³/mol. The maximum atomic E-state index is 12.7. The molecule has 1 fully saturated rings. The van der Waals surface area contributed by atoms with Gasteiger partial charge >= 0.3 is 0 Å². The molecule has 1 amide bonds. The number of carbonyl (C=O) groups is 1. The summed E-state index contributed by atoms with van der Waals surface area (Å²) in [5, 5.41) is 13.4. The van der Waals surface area contributed by atoms with Crippen molar-refractivity contribution in [1.82, 2.24) is 5.32 Å². The lowest BCUT2D eigenvalue weighted by atomic mass is 9.72. The van der Waals surface area contributed by atoms with Crippen molar-refractivity contribution in [3.05, 3.63) is 35.4 Å². The van der Waals surface area contributed by atoms with Crippen molar-refractivity contribution in [3.63, 3.8) is 0 Å². The Morgan fingerprint density at radius 3 is 2.46 bits per heavy atom. The molecule has 1 aromatic carbocycles. The zero-order chi connectivity index (χ0) is 17.4. The summed E-state index contributed by atoms with van der Waals surface area (Å²) in [6.07, 6.45) is 2.73. The Morgan fingerprint density at radius 2 is 1.79 bits per heavy atom. The number of fused-ring (bicyclic) bond motifs is 1. The fourth-order valence-electron chi connectivity index (χ4n) is 3.64. The van der Waals surface area contributed by atoms with Crippen molar-refractivity contribution in [2.75, 3.05) is 18.1 Å². The van der Waals surface area contributed by atoms with E-state index in [9.17, 15) is 18.3 Å². The van der Waals surface area contributed by atoms with Gasteiger partial charge in [0.1, 0.15) is 0 Å². The molecular formula is C18H25NO4S. The molecule has 0 saturated carbocycles. The third-order valence-electron chi connectivity index (χ3n) is 5.53. The molecule has 1 saturated heterocycles. The summed E-state index contributed by atoms with van der Waals surface area (Å²) in [6.45, 7) is 2.09. The van der Waals surface area contributed by atoms with E-state index < -0.39 is 20.9 Å². The first-order valence-electron chi connectivity index (χ1n) is 8.49. The van der Waals surface area contributed by atoms with Crippen LogP contribution in [-0.2, 0) is 27.5 Å². The van der Waals surface area contributed by atoms with E-state index in [4.69, 9.17) is 0 Å². The summed E-state index contributed by atoms with van der Waals surface area (Å²) in [6, 6.07) is 8.19. The van der Waals surface area contributed by atoms with Gasteiger partial charge in [0.05, 0.1) is 22.5 Å². The Balaban J connectivity index is 1.61. The van der Waals surface area contributed by atoms with Crippen molar-refractivity contribution in [3.8, 4) is 0 Å². The molecule has 6 heteroatoms. The molecule has 132 valence electrons. The van der Waals surface area contributed by atoms with Gasteiger partial charge in [-0.25, -0.2) is 8.42 Å². The molecule has 2 aliphatic rings. The SMILES string of the molecule is CC1(C(=O)NCC2(O)CCS(=O)(=O)CC2)CCc2ccccc2C1. The van der Waals surface area contributed by atoms with Crippen LogP contribution in [0.3, 0.4) is 0 Å². The molecule has 2 N–H and O–H groups in total. The minimum atomic E-state index is -3.03. The van der Waals surface area contributed by atoms with E-state index in [-0.39, 0.29) is 36.8 Å². The minimum Gasteiger partial charge on any atom is -0.388 e. The van der Waals surface area contributed by atoms with Gasteiger partial charge in [-0.3, -0.25) is 4.79 Å². The number of rotatable bonds is 3. The average Bonchev–Trinajstić information content (AvgIpc) is 2.56. The second kappa shape index (κ2) is 6.15. The van der Waals surface area contributed by atoms with Crippen LogP contribution in [0.2, 0.25) is 0 Å². The van der Waals surface area contributed by atoms with Crippen LogP contribution in [0.15, 0.2) is 24.3 Å². The first kappa shape index (κ1) is 17.4. The van der Waals surface area contributed by atoms with Crippen LogP contribution < -0.4 is 5.32 Å². The van der Waals surface area contributed by atoms with Crippen molar-refractivity contribution < 1.29 is 18.3 Å². The van der Waals surface area contributed by atoms with E-state index in [1.54, 1.807) is 0 Å². The Bertz CT molecular complexity index is 729. The van der Waals surface area contributed by atoms with Gasteiger partial charge in [0.15, 0.2) is 9.84 Å².